The van der Waals surface area contributed by atoms with Gasteiger partial charge in [-0.25, -0.2) is 4.98 Å². The fourth-order valence-electron chi connectivity index (χ4n) is 4.09. The van der Waals surface area contributed by atoms with Gasteiger partial charge in [0.2, 0.25) is 0 Å². The van der Waals surface area contributed by atoms with Crippen LogP contribution >= 0.6 is 31.9 Å². The number of ether oxygens (including phenoxy) is 2. The number of carbonyl (C=O) groups excluding carboxylic acids is 1. The first-order chi connectivity index (χ1) is 15.9. The highest BCUT2D eigenvalue weighted by Gasteiger charge is 2.23. The number of rotatable bonds is 5. The molecule has 7 nitrogen and oxygen atoms in total. The van der Waals surface area contributed by atoms with Crippen LogP contribution in [0.2, 0.25) is 0 Å². The minimum Gasteiger partial charge on any atom is -0.493 e. The highest BCUT2D eigenvalue weighted by molar-refractivity contribution is 9.13. The molecule has 2 aromatic carbocycles. The van der Waals surface area contributed by atoms with Crippen molar-refractivity contribution in [1.82, 2.24) is 9.66 Å². The van der Waals surface area contributed by atoms with Crippen LogP contribution in [0.1, 0.15) is 56.3 Å². The van der Waals surface area contributed by atoms with E-state index in [4.69, 9.17) is 14.5 Å². The fraction of sp³-hybridized carbons (Fsp3) is 0.333. The van der Waals surface area contributed by atoms with Crippen molar-refractivity contribution in [2.24, 2.45) is 5.10 Å². The first-order valence-electron chi connectivity index (χ1n) is 10.7. The molecular weight excluding hydrogens is 554 g/mol. The van der Waals surface area contributed by atoms with E-state index in [1.807, 2.05) is 18.2 Å². The topological polar surface area (TPSA) is 82.8 Å². The van der Waals surface area contributed by atoms with Gasteiger partial charge in [-0.3, -0.25) is 9.59 Å². The third-order valence-electron chi connectivity index (χ3n) is 5.68. The van der Waals surface area contributed by atoms with Crippen molar-refractivity contribution in [3.63, 3.8) is 0 Å². The SMILES string of the molecule is COc1cc(C=Nn2c(C3CCCCC3)nc3ccccc3c2=O)c(Br)c(Br)c1OC(C)=O. The summed E-state index contributed by atoms with van der Waals surface area (Å²) in [4.78, 5) is 29.7. The molecule has 0 radical (unpaired) electrons. The fourth-order valence-corrected chi connectivity index (χ4v) is 4.99. The molecule has 0 spiro atoms. The molecular formula is C24H23Br2N3O4. The summed E-state index contributed by atoms with van der Waals surface area (Å²) in [5, 5.41) is 5.10. The molecule has 9 heteroatoms. The molecule has 33 heavy (non-hydrogen) atoms. The van der Waals surface area contributed by atoms with E-state index in [1.165, 1.54) is 25.1 Å². The molecule has 0 bridgehead atoms. The first-order valence-corrected chi connectivity index (χ1v) is 12.3. The van der Waals surface area contributed by atoms with Gasteiger partial charge in [-0.2, -0.15) is 9.78 Å². The number of esters is 1. The Morgan fingerprint density at radius 3 is 2.61 bits per heavy atom. The van der Waals surface area contributed by atoms with Crippen LogP contribution in [0.4, 0.5) is 0 Å². The molecule has 1 aliphatic carbocycles. The Morgan fingerprint density at radius 1 is 1.18 bits per heavy atom. The molecule has 0 amide bonds. The van der Waals surface area contributed by atoms with Gasteiger partial charge in [-0.1, -0.05) is 31.4 Å². The Bertz CT molecular complexity index is 1300. The number of nitrogens with zero attached hydrogens (tertiary/aromatic N) is 3. The van der Waals surface area contributed by atoms with Crippen molar-refractivity contribution >= 4 is 54.9 Å². The lowest BCUT2D eigenvalue weighted by Crippen LogP contribution is -2.25. The molecule has 4 rings (SSSR count). The van der Waals surface area contributed by atoms with Crippen molar-refractivity contribution in [3.05, 3.63) is 61.0 Å². The zero-order valence-electron chi connectivity index (χ0n) is 18.3. The molecule has 1 aromatic heterocycles. The standard InChI is InChI=1S/C24H23Br2N3O4/c1-14(30)33-22-19(32-2)12-16(20(25)21(22)26)13-27-29-23(15-8-4-3-5-9-15)28-18-11-7-6-10-17(18)24(29)31/h6-7,10-13,15H,3-5,8-9H2,1-2H3. The molecule has 1 aliphatic rings. The van der Waals surface area contributed by atoms with Gasteiger partial charge in [-0.15, -0.1) is 0 Å². The van der Waals surface area contributed by atoms with Gasteiger partial charge in [0.1, 0.15) is 5.82 Å². The number of methoxy groups -OCH3 is 1. The Labute approximate surface area is 208 Å². The number of benzene rings is 2. The number of hydrogen-bond donors (Lipinski definition) is 0. The van der Waals surface area contributed by atoms with E-state index in [2.05, 4.69) is 37.0 Å². The van der Waals surface area contributed by atoms with Gasteiger partial charge < -0.3 is 9.47 Å². The predicted octanol–water partition coefficient (Wildman–Crippen LogP) is 5.79. The van der Waals surface area contributed by atoms with Gasteiger partial charge in [0, 0.05) is 22.9 Å². The van der Waals surface area contributed by atoms with Gasteiger partial charge in [0.05, 0.1) is 28.7 Å². The van der Waals surface area contributed by atoms with Gasteiger partial charge in [-0.05, 0) is 62.9 Å². The van der Waals surface area contributed by atoms with Crippen LogP contribution < -0.4 is 15.0 Å². The number of para-hydroxylation sites is 1. The van der Waals surface area contributed by atoms with E-state index in [0.717, 1.165) is 25.7 Å². The van der Waals surface area contributed by atoms with E-state index in [-0.39, 0.29) is 17.2 Å². The summed E-state index contributed by atoms with van der Waals surface area (Å²) < 4.78 is 13.2. The zero-order chi connectivity index (χ0) is 23.5. The minimum atomic E-state index is -0.465. The number of fused-ring (bicyclic) bond motifs is 1. The molecule has 1 saturated carbocycles. The average Bonchev–Trinajstić information content (AvgIpc) is 2.82. The summed E-state index contributed by atoms with van der Waals surface area (Å²) in [6, 6.07) is 9.04. The summed E-state index contributed by atoms with van der Waals surface area (Å²) in [6.07, 6.45) is 6.99. The normalized spacial score (nSPS) is 14.7. The predicted molar refractivity (Wildman–Crippen MR) is 135 cm³/mol. The second-order valence-corrected chi connectivity index (χ2v) is 9.49. The Balaban J connectivity index is 1.84. The average molecular weight is 577 g/mol. The number of carbonyl (C=O) groups is 1. The largest absolute Gasteiger partial charge is 0.493 e. The van der Waals surface area contributed by atoms with Crippen LogP contribution in [0.3, 0.4) is 0 Å². The van der Waals surface area contributed by atoms with Gasteiger partial charge in [0.15, 0.2) is 11.5 Å². The van der Waals surface area contributed by atoms with E-state index in [1.54, 1.807) is 18.3 Å². The summed E-state index contributed by atoms with van der Waals surface area (Å²) in [6.45, 7) is 1.32. The third kappa shape index (κ3) is 4.89. The molecule has 0 saturated heterocycles. The molecule has 0 aliphatic heterocycles. The molecule has 172 valence electrons. The summed E-state index contributed by atoms with van der Waals surface area (Å²) >= 11 is 6.98. The Kier molecular flexibility index (Phi) is 7.29. The monoisotopic (exact) mass is 575 g/mol. The Hall–Kier alpha value is -2.52. The van der Waals surface area contributed by atoms with E-state index < -0.39 is 5.97 Å². The highest BCUT2D eigenvalue weighted by atomic mass is 79.9. The molecule has 0 N–H and O–H groups in total. The second-order valence-electron chi connectivity index (χ2n) is 7.90. The maximum atomic E-state index is 13.4. The van der Waals surface area contributed by atoms with Crippen LogP contribution in [-0.4, -0.2) is 29.0 Å². The van der Waals surface area contributed by atoms with E-state index in [0.29, 0.717) is 37.0 Å². The second kappa shape index (κ2) is 10.2. The smallest absolute Gasteiger partial charge is 0.308 e. The lowest BCUT2D eigenvalue weighted by atomic mass is 9.88. The third-order valence-corrected chi connectivity index (χ3v) is 7.83. The van der Waals surface area contributed by atoms with Crippen LogP contribution in [0, 0.1) is 0 Å². The summed E-state index contributed by atoms with van der Waals surface area (Å²) in [7, 11) is 1.49. The van der Waals surface area contributed by atoms with Crippen molar-refractivity contribution in [1.29, 1.82) is 0 Å². The maximum Gasteiger partial charge on any atom is 0.308 e. The van der Waals surface area contributed by atoms with Crippen molar-refractivity contribution in [3.8, 4) is 11.5 Å². The summed E-state index contributed by atoms with van der Waals surface area (Å²) in [5.74, 6) is 1.03. The number of hydrogen-bond acceptors (Lipinski definition) is 6. The van der Waals surface area contributed by atoms with Crippen LogP contribution in [-0.2, 0) is 4.79 Å². The molecule has 0 unspecified atom stereocenters. The number of aromatic nitrogens is 2. The van der Waals surface area contributed by atoms with Gasteiger partial charge >= 0.3 is 5.97 Å². The van der Waals surface area contributed by atoms with Crippen LogP contribution in [0.15, 0.2) is 49.2 Å². The lowest BCUT2D eigenvalue weighted by molar-refractivity contribution is -0.132. The minimum absolute atomic E-state index is 0.185. The van der Waals surface area contributed by atoms with Crippen LogP contribution in [0.25, 0.3) is 10.9 Å². The maximum absolute atomic E-state index is 13.4. The zero-order valence-corrected chi connectivity index (χ0v) is 21.5. The van der Waals surface area contributed by atoms with Crippen molar-refractivity contribution in [2.45, 2.75) is 44.9 Å². The van der Waals surface area contributed by atoms with Crippen molar-refractivity contribution in [2.75, 3.05) is 7.11 Å². The van der Waals surface area contributed by atoms with E-state index in [9.17, 15) is 9.59 Å². The first kappa shape index (κ1) is 23.6. The van der Waals surface area contributed by atoms with Gasteiger partial charge in [0.25, 0.3) is 5.56 Å². The summed E-state index contributed by atoms with van der Waals surface area (Å²) in [5.41, 5.74) is 1.13. The molecule has 1 fully saturated rings. The molecule has 3 aromatic rings. The quantitative estimate of drug-likeness (QED) is 0.218. The molecule has 0 atom stereocenters. The van der Waals surface area contributed by atoms with Crippen molar-refractivity contribution < 1.29 is 14.3 Å². The van der Waals surface area contributed by atoms with Crippen LogP contribution in [0.5, 0.6) is 11.5 Å². The number of halogens is 2. The lowest BCUT2D eigenvalue weighted by Gasteiger charge is -2.22. The van der Waals surface area contributed by atoms with E-state index >= 15 is 0 Å². The Morgan fingerprint density at radius 2 is 1.91 bits per heavy atom. The highest BCUT2D eigenvalue weighted by Crippen LogP contribution is 2.42. The molecule has 1 heterocycles.